The fourth-order valence-electron chi connectivity index (χ4n) is 2.36. The number of halogens is 1. The number of anilines is 1. The van der Waals surface area contributed by atoms with Crippen molar-refractivity contribution in [2.75, 3.05) is 11.4 Å². The Balaban J connectivity index is 2.38. The summed E-state index contributed by atoms with van der Waals surface area (Å²) in [5.74, 6) is -0.594. The lowest BCUT2D eigenvalue weighted by molar-refractivity contribution is -0.132. The predicted octanol–water partition coefficient (Wildman–Crippen LogP) is 1.60. The van der Waals surface area contributed by atoms with Gasteiger partial charge in [-0.2, -0.15) is 0 Å². The number of nitrogens with zero attached hydrogens (tertiary/aromatic N) is 1. The molecule has 1 aliphatic rings. The van der Waals surface area contributed by atoms with E-state index in [1.54, 1.807) is 11.0 Å². The average molecular weight is 296 g/mol. The molecule has 0 aliphatic carbocycles. The van der Waals surface area contributed by atoms with Crippen molar-refractivity contribution in [1.29, 1.82) is 0 Å². The van der Waals surface area contributed by atoms with E-state index in [4.69, 9.17) is 17.3 Å². The lowest BCUT2D eigenvalue weighted by atomic mass is 10.1. The maximum atomic E-state index is 11.9. The minimum Gasteiger partial charge on any atom is -0.349 e. The Kier molecular flexibility index (Phi) is 4.30. The number of benzene rings is 1. The number of imide groups is 1. The van der Waals surface area contributed by atoms with Gasteiger partial charge in [-0.15, -0.1) is 0 Å². The first-order valence-electron chi connectivity index (χ1n) is 6.59. The third-order valence-corrected chi connectivity index (χ3v) is 3.75. The smallest absolute Gasteiger partial charge is 0.249 e. The highest BCUT2D eigenvalue weighted by Crippen LogP contribution is 2.31. The van der Waals surface area contributed by atoms with Crippen LogP contribution < -0.4 is 16.0 Å². The third kappa shape index (κ3) is 2.78. The Morgan fingerprint density at radius 1 is 1.50 bits per heavy atom. The topological polar surface area (TPSA) is 75.4 Å². The maximum absolute atomic E-state index is 11.9. The molecule has 1 aliphatic heterocycles. The van der Waals surface area contributed by atoms with Gasteiger partial charge in [-0.1, -0.05) is 24.6 Å². The molecule has 1 heterocycles. The first-order valence-corrected chi connectivity index (χ1v) is 6.97. The molecule has 6 heteroatoms. The number of carbonyl (C=O) groups is 2. The number of hydrogen-bond acceptors (Lipinski definition) is 4. The molecule has 1 saturated heterocycles. The maximum Gasteiger partial charge on any atom is 0.249 e. The molecule has 2 amide bonds. The van der Waals surface area contributed by atoms with Crippen molar-refractivity contribution >= 4 is 29.1 Å². The molecule has 0 aromatic heterocycles. The van der Waals surface area contributed by atoms with Gasteiger partial charge in [-0.3, -0.25) is 14.9 Å². The number of carbonyl (C=O) groups excluding carboxylic acids is 2. The van der Waals surface area contributed by atoms with Gasteiger partial charge in [0.2, 0.25) is 11.8 Å². The summed E-state index contributed by atoms with van der Waals surface area (Å²) in [6.45, 7) is 3.90. The van der Waals surface area contributed by atoms with Crippen molar-refractivity contribution in [3.63, 3.8) is 0 Å². The van der Waals surface area contributed by atoms with Crippen LogP contribution in [-0.2, 0) is 9.59 Å². The van der Waals surface area contributed by atoms with Crippen LogP contribution in [0, 0.1) is 0 Å². The molecular weight excluding hydrogens is 278 g/mol. The summed E-state index contributed by atoms with van der Waals surface area (Å²) in [5.41, 5.74) is 7.42. The predicted molar refractivity (Wildman–Crippen MR) is 78.6 cm³/mol. The number of hydrogen-bond donors (Lipinski definition) is 2. The van der Waals surface area contributed by atoms with Gasteiger partial charge in [0.05, 0.1) is 17.3 Å². The molecule has 20 heavy (non-hydrogen) atoms. The van der Waals surface area contributed by atoms with Crippen molar-refractivity contribution in [1.82, 2.24) is 5.32 Å². The summed E-state index contributed by atoms with van der Waals surface area (Å²) in [6.07, 6.45) is 0.602. The van der Waals surface area contributed by atoms with Crippen molar-refractivity contribution in [2.24, 2.45) is 5.73 Å². The van der Waals surface area contributed by atoms with Crippen molar-refractivity contribution in [2.45, 2.75) is 32.4 Å². The molecule has 3 N–H and O–H groups in total. The second kappa shape index (κ2) is 5.81. The minimum absolute atomic E-state index is 0.116. The summed E-state index contributed by atoms with van der Waals surface area (Å²) < 4.78 is 0. The summed E-state index contributed by atoms with van der Waals surface area (Å²) in [5, 5.41) is 2.85. The Morgan fingerprint density at radius 2 is 2.20 bits per heavy atom. The van der Waals surface area contributed by atoms with Crippen LogP contribution in [0.4, 0.5) is 5.69 Å². The standard InChI is InChI=1S/C14H18ClN3O2/c1-3-11-14(20)17-13(19)7-18(11)12-5-4-9(8(2)16)6-10(12)15/h4-6,8,11H,3,7,16H2,1-2H3,(H,17,19,20)/t8-,11?/m0/s1. The van der Waals surface area contributed by atoms with Crippen LogP contribution >= 0.6 is 11.6 Å². The fraction of sp³-hybridized carbons (Fsp3) is 0.429. The van der Waals surface area contributed by atoms with E-state index in [1.807, 2.05) is 26.0 Å². The minimum atomic E-state index is -0.383. The highest BCUT2D eigenvalue weighted by Gasteiger charge is 2.33. The zero-order chi connectivity index (χ0) is 14.9. The van der Waals surface area contributed by atoms with Gasteiger partial charge in [0.25, 0.3) is 0 Å². The van der Waals surface area contributed by atoms with Gasteiger partial charge in [0, 0.05) is 6.04 Å². The normalized spacial score (nSPS) is 20.8. The lowest BCUT2D eigenvalue weighted by Gasteiger charge is -2.35. The highest BCUT2D eigenvalue weighted by molar-refractivity contribution is 6.33. The molecule has 2 rings (SSSR count). The molecule has 0 bridgehead atoms. The van der Waals surface area contributed by atoms with E-state index in [9.17, 15) is 9.59 Å². The van der Waals surface area contributed by atoms with E-state index in [0.717, 1.165) is 5.56 Å². The van der Waals surface area contributed by atoms with Gasteiger partial charge >= 0.3 is 0 Å². The van der Waals surface area contributed by atoms with Crippen LogP contribution in [0.1, 0.15) is 31.9 Å². The van der Waals surface area contributed by atoms with Gasteiger partial charge < -0.3 is 10.6 Å². The number of nitrogens with one attached hydrogen (secondary N) is 1. The number of rotatable bonds is 3. The Hall–Kier alpha value is -1.59. The van der Waals surface area contributed by atoms with Gasteiger partial charge in [0.15, 0.2) is 0 Å². The Bertz CT molecular complexity index is 545. The van der Waals surface area contributed by atoms with Crippen molar-refractivity contribution < 1.29 is 9.59 Å². The van der Waals surface area contributed by atoms with Crippen LogP contribution in [0.15, 0.2) is 18.2 Å². The number of amides is 2. The van der Waals surface area contributed by atoms with E-state index >= 15 is 0 Å². The Labute approximate surface area is 123 Å². The van der Waals surface area contributed by atoms with Gasteiger partial charge in [0.1, 0.15) is 6.04 Å². The molecule has 5 nitrogen and oxygen atoms in total. The quantitative estimate of drug-likeness (QED) is 0.831. The molecule has 1 fully saturated rings. The zero-order valence-corrected chi connectivity index (χ0v) is 12.3. The van der Waals surface area contributed by atoms with Gasteiger partial charge in [-0.05, 0) is 31.0 Å². The molecule has 2 atom stereocenters. The van der Waals surface area contributed by atoms with Crippen LogP contribution in [0.3, 0.4) is 0 Å². The van der Waals surface area contributed by atoms with E-state index in [0.29, 0.717) is 17.1 Å². The van der Waals surface area contributed by atoms with Crippen molar-refractivity contribution in [3.05, 3.63) is 28.8 Å². The first-order chi connectivity index (χ1) is 9.43. The van der Waals surface area contributed by atoms with E-state index in [1.165, 1.54) is 0 Å². The monoisotopic (exact) mass is 295 g/mol. The van der Waals surface area contributed by atoms with Crippen LogP contribution in [-0.4, -0.2) is 24.4 Å². The second-order valence-electron chi connectivity index (χ2n) is 4.96. The van der Waals surface area contributed by atoms with E-state index in [-0.39, 0.29) is 30.4 Å². The average Bonchev–Trinajstić information content (AvgIpc) is 2.37. The molecule has 1 aromatic rings. The fourth-order valence-corrected chi connectivity index (χ4v) is 2.66. The molecule has 1 aromatic carbocycles. The molecular formula is C14H18ClN3O2. The SMILES string of the molecule is CCC1C(=O)NC(=O)CN1c1ccc([C@H](C)N)cc1Cl. The third-order valence-electron chi connectivity index (χ3n) is 3.45. The summed E-state index contributed by atoms with van der Waals surface area (Å²) in [4.78, 5) is 25.2. The summed E-state index contributed by atoms with van der Waals surface area (Å²) >= 11 is 6.28. The van der Waals surface area contributed by atoms with Gasteiger partial charge in [-0.25, -0.2) is 0 Å². The largest absolute Gasteiger partial charge is 0.349 e. The number of nitrogens with two attached hydrogens (primary N) is 1. The van der Waals surface area contributed by atoms with Crippen molar-refractivity contribution in [3.8, 4) is 0 Å². The molecule has 0 spiro atoms. The Morgan fingerprint density at radius 3 is 2.75 bits per heavy atom. The molecule has 108 valence electrons. The molecule has 0 radical (unpaired) electrons. The second-order valence-corrected chi connectivity index (χ2v) is 5.37. The summed E-state index contributed by atoms with van der Waals surface area (Å²) in [7, 11) is 0. The summed E-state index contributed by atoms with van der Waals surface area (Å²) in [6, 6.07) is 4.97. The molecule has 1 unspecified atom stereocenters. The van der Waals surface area contributed by atoms with Crippen LogP contribution in [0.2, 0.25) is 5.02 Å². The molecule has 0 saturated carbocycles. The van der Waals surface area contributed by atoms with E-state index < -0.39 is 0 Å². The zero-order valence-electron chi connectivity index (χ0n) is 11.5. The highest BCUT2D eigenvalue weighted by atomic mass is 35.5. The number of piperazine rings is 1. The lowest BCUT2D eigenvalue weighted by Crippen LogP contribution is -2.58. The first kappa shape index (κ1) is 14.8. The van der Waals surface area contributed by atoms with E-state index in [2.05, 4.69) is 5.32 Å². The van der Waals surface area contributed by atoms with Crippen LogP contribution in [0.5, 0.6) is 0 Å². The van der Waals surface area contributed by atoms with Crippen LogP contribution in [0.25, 0.3) is 0 Å².